The monoisotopic (exact) mass is 514 g/mol. The van der Waals surface area contributed by atoms with Gasteiger partial charge in [-0.15, -0.1) is 0 Å². The topological polar surface area (TPSA) is 95.8 Å². The smallest absolute Gasteiger partial charge is 0.275 e. The summed E-state index contributed by atoms with van der Waals surface area (Å²) in [7, 11) is 1.59. The Labute approximate surface area is 220 Å². The van der Waals surface area contributed by atoms with Crippen molar-refractivity contribution < 1.29 is 19.0 Å². The third kappa shape index (κ3) is 5.68. The summed E-state index contributed by atoms with van der Waals surface area (Å²) in [6, 6.07) is 16.7. The summed E-state index contributed by atoms with van der Waals surface area (Å²) in [5, 5.41) is 5.75. The van der Waals surface area contributed by atoms with Crippen molar-refractivity contribution in [1.82, 2.24) is 19.7 Å². The van der Waals surface area contributed by atoms with Crippen molar-refractivity contribution in [2.75, 3.05) is 20.3 Å². The molecule has 1 aliphatic heterocycles. The predicted molar refractivity (Wildman–Crippen MR) is 142 cm³/mol. The molecule has 3 heterocycles. The van der Waals surface area contributed by atoms with E-state index in [1.54, 1.807) is 30.5 Å². The average Bonchev–Trinajstić information content (AvgIpc) is 3.46. The number of aryl methyl sites for hydroxylation is 1. The summed E-state index contributed by atoms with van der Waals surface area (Å²) in [5.74, 6) is 0.992. The largest absolute Gasteiger partial charge is 0.493 e. The summed E-state index contributed by atoms with van der Waals surface area (Å²) in [6.45, 7) is 3.53. The molecule has 0 spiro atoms. The number of aromatic nitrogens is 3. The van der Waals surface area contributed by atoms with Crippen molar-refractivity contribution in [2.45, 2.75) is 39.1 Å². The maximum atomic E-state index is 13.6. The van der Waals surface area contributed by atoms with Gasteiger partial charge < -0.3 is 19.1 Å². The molecule has 1 atom stereocenters. The molecule has 1 fully saturated rings. The van der Waals surface area contributed by atoms with Gasteiger partial charge in [0, 0.05) is 37.3 Å². The van der Waals surface area contributed by atoms with Gasteiger partial charge in [0.2, 0.25) is 5.91 Å². The zero-order valence-corrected chi connectivity index (χ0v) is 21.5. The van der Waals surface area contributed by atoms with Crippen LogP contribution >= 0.6 is 0 Å². The van der Waals surface area contributed by atoms with Crippen LogP contribution in [0.25, 0.3) is 10.8 Å². The van der Waals surface area contributed by atoms with Gasteiger partial charge in [-0.3, -0.25) is 14.6 Å². The molecule has 0 unspecified atom stereocenters. The quantitative estimate of drug-likeness (QED) is 0.337. The van der Waals surface area contributed by atoms with Crippen molar-refractivity contribution in [3.8, 4) is 11.5 Å². The molecule has 9 nitrogen and oxygen atoms in total. The number of methoxy groups -OCH3 is 1. The van der Waals surface area contributed by atoms with Crippen LogP contribution in [0.4, 0.5) is 0 Å². The fourth-order valence-electron chi connectivity index (χ4n) is 4.60. The minimum Gasteiger partial charge on any atom is -0.493 e. The third-order valence-electron chi connectivity index (χ3n) is 6.57. The Hall–Kier alpha value is -4.24. The highest BCUT2D eigenvalue weighted by Gasteiger charge is 2.21. The van der Waals surface area contributed by atoms with Gasteiger partial charge >= 0.3 is 0 Å². The van der Waals surface area contributed by atoms with Gasteiger partial charge in [0.25, 0.3) is 5.56 Å². The van der Waals surface area contributed by atoms with Gasteiger partial charge in [-0.05, 0) is 42.3 Å². The molecular formula is C29H30N4O5. The van der Waals surface area contributed by atoms with E-state index in [0.29, 0.717) is 48.9 Å². The molecule has 0 saturated carbocycles. The first-order chi connectivity index (χ1) is 18.5. The molecule has 0 radical (unpaired) electrons. The zero-order valence-electron chi connectivity index (χ0n) is 21.5. The Morgan fingerprint density at radius 1 is 1.08 bits per heavy atom. The van der Waals surface area contributed by atoms with E-state index in [4.69, 9.17) is 14.2 Å². The summed E-state index contributed by atoms with van der Waals surface area (Å²) in [4.78, 5) is 32.6. The van der Waals surface area contributed by atoms with Gasteiger partial charge in [0.1, 0.15) is 12.6 Å². The number of fused-ring (bicyclic) bond motifs is 1. The molecule has 1 aliphatic rings. The number of hydrogen-bond donors (Lipinski definition) is 0. The van der Waals surface area contributed by atoms with E-state index < -0.39 is 0 Å². The van der Waals surface area contributed by atoms with Gasteiger partial charge in [0.05, 0.1) is 31.4 Å². The normalized spacial score (nSPS) is 14.9. The number of pyridine rings is 1. The Morgan fingerprint density at radius 2 is 1.89 bits per heavy atom. The van der Waals surface area contributed by atoms with Crippen LogP contribution in [0.3, 0.4) is 0 Å². The van der Waals surface area contributed by atoms with Crippen LogP contribution in [-0.2, 0) is 29.2 Å². The van der Waals surface area contributed by atoms with E-state index in [1.165, 1.54) is 4.68 Å². The lowest BCUT2D eigenvalue weighted by atomic mass is 10.1. The Balaban J connectivity index is 1.41. The van der Waals surface area contributed by atoms with Crippen molar-refractivity contribution in [3.63, 3.8) is 0 Å². The maximum absolute atomic E-state index is 13.6. The lowest BCUT2D eigenvalue weighted by molar-refractivity contribution is -0.133. The minimum absolute atomic E-state index is 0.00497. The van der Waals surface area contributed by atoms with E-state index in [-0.39, 0.29) is 24.1 Å². The summed E-state index contributed by atoms with van der Waals surface area (Å²) < 4.78 is 18.3. The van der Waals surface area contributed by atoms with Crippen LogP contribution in [0, 0.1) is 6.92 Å². The highest BCUT2D eigenvalue weighted by molar-refractivity contribution is 5.83. The summed E-state index contributed by atoms with van der Waals surface area (Å²) in [6.07, 6.45) is 4.25. The standard InChI is InChI=1S/C29H30N4O5/c1-20-24-7-3-4-8-25(24)29(35)33(31-20)18-28(34)32(17-22-6-5-12-30-15-22)16-21-9-10-26(27(14-21)36-2)38-23-11-13-37-19-23/h3-10,12,14-15,23H,11,13,16-19H2,1-2H3/t23-/m1/s1. The summed E-state index contributed by atoms with van der Waals surface area (Å²) in [5.41, 5.74) is 2.15. The van der Waals surface area contributed by atoms with Crippen molar-refractivity contribution in [3.05, 3.63) is 94.2 Å². The van der Waals surface area contributed by atoms with Gasteiger partial charge in [-0.1, -0.05) is 30.3 Å². The Bertz CT molecular complexity index is 1480. The second-order valence-corrected chi connectivity index (χ2v) is 9.29. The number of benzene rings is 2. The molecule has 4 aromatic rings. The molecule has 38 heavy (non-hydrogen) atoms. The van der Waals surface area contributed by atoms with Crippen LogP contribution in [0.5, 0.6) is 11.5 Å². The van der Waals surface area contributed by atoms with Gasteiger partial charge in [-0.25, -0.2) is 4.68 Å². The number of amides is 1. The van der Waals surface area contributed by atoms with E-state index in [9.17, 15) is 9.59 Å². The van der Waals surface area contributed by atoms with Crippen LogP contribution in [-0.4, -0.2) is 52.0 Å². The Morgan fingerprint density at radius 3 is 2.63 bits per heavy atom. The van der Waals surface area contributed by atoms with E-state index >= 15 is 0 Å². The average molecular weight is 515 g/mol. The number of hydrogen-bond acceptors (Lipinski definition) is 7. The number of carbonyl (C=O) groups is 1. The van der Waals surface area contributed by atoms with Crippen LogP contribution < -0.4 is 15.0 Å². The highest BCUT2D eigenvalue weighted by atomic mass is 16.6. The van der Waals surface area contributed by atoms with Crippen molar-refractivity contribution in [2.24, 2.45) is 0 Å². The number of ether oxygens (including phenoxy) is 3. The molecule has 5 rings (SSSR count). The summed E-state index contributed by atoms with van der Waals surface area (Å²) >= 11 is 0. The lowest BCUT2D eigenvalue weighted by Crippen LogP contribution is -2.37. The molecular weight excluding hydrogens is 484 g/mol. The van der Waals surface area contributed by atoms with Gasteiger partial charge in [0.15, 0.2) is 11.5 Å². The fraction of sp³-hybridized carbons (Fsp3) is 0.310. The number of rotatable bonds is 9. The first-order valence-electron chi connectivity index (χ1n) is 12.6. The lowest BCUT2D eigenvalue weighted by Gasteiger charge is -2.24. The molecule has 0 aliphatic carbocycles. The molecule has 0 bridgehead atoms. The van der Waals surface area contributed by atoms with Crippen LogP contribution in [0.2, 0.25) is 0 Å². The molecule has 1 amide bonds. The van der Waals surface area contributed by atoms with Crippen molar-refractivity contribution >= 4 is 16.7 Å². The van der Waals surface area contributed by atoms with Crippen molar-refractivity contribution in [1.29, 1.82) is 0 Å². The number of nitrogens with zero attached hydrogens (tertiary/aromatic N) is 4. The fourth-order valence-corrected chi connectivity index (χ4v) is 4.60. The molecule has 2 aromatic carbocycles. The number of carbonyl (C=O) groups excluding carboxylic acids is 1. The SMILES string of the molecule is COc1cc(CN(Cc2cccnc2)C(=O)Cn2nc(C)c3ccccc3c2=O)ccc1O[C@@H]1CCOC1. The van der Waals surface area contributed by atoms with E-state index in [0.717, 1.165) is 22.9 Å². The maximum Gasteiger partial charge on any atom is 0.275 e. The van der Waals surface area contributed by atoms with Crippen LogP contribution in [0.15, 0.2) is 71.8 Å². The molecule has 0 N–H and O–H groups in total. The van der Waals surface area contributed by atoms with Gasteiger partial charge in [-0.2, -0.15) is 5.10 Å². The highest BCUT2D eigenvalue weighted by Crippen LogP contribution is 2.31. The second kappa shape index (κ2) is 11.4. The Kier molecular flexibility index (Phi) is 7.65. The third-order valence-corrected chi connectivity index (χ3v) is 6.57. The second-order valence-electron chi connectivity index (χ2n) is 9.29. The first-order valence-corrected chi connectivity index (χ1v) is 12.6. The predicted octanol–water partition coefficient (Wildman–Crippen LogP) is 3.51. The van der Waals surface area contributed by atoms with E-state index in [1.807, 2.05) is 55.5 Å². The molecule has 2 aromatic heterocycles. The molecule has 1 saturated heterocycles. The molecule has 196 valence electrons. The zero-order chi connectivity index (χ0) is 26.5. The van der Waals surface area contributed by atoms with Crippen LogP contribution in [0.1, 0.15) is 23.2 Å². The van der Waals surface area contributed by atoms with E-state index in [2.05, 4.69) is 10.1 Å². The minimum atomic E-state index is -0.292. The first kappa shape index (κ1) is 25.4. The molecule has 9 heteroatoms.